The maximum atomic E-state index is 12.9. The number of anilines is 1. The highest BCUT2D eigenvalue weighted by atomic mass is 32.2. The number of carbonyl (C=O) groups excluding carboxylic acids is 1. The average molecular weight is 366 g/mol. The maximum absolute atomic E-state index is 12.9. The first-order valence-electron chi connectivity index (χ1n) is 7.54. The summed E-state index contributed by atoms with van der Waals surface area (Å²) in [5.41, 5.74) is 1.01. The van der Waals surface area contributed by atoms with Gasteiger partial charge in [-0.05, 0) is 55.8 Å². The second kappa shape index (κ2) is 7.62. The largest absolute Gasteiger partial charge is 0.392 e. The van der Waals surface area contributed by atoms with Gasteiger partial charge in [-0.25, -0.2) is 12.8 Å². The van der Waals surface area contributed by atoms with E-state index in [-0.39, 0.29) is 22.7 Å². The van der Waals surface area contributed by atoms with Crippen LogP contribution in [0.5, 0.6) is 0 Å². The summed E-state index contributed by atoms with van der Waals surface area (Å²) in [6.45, 7) is 3.27. The standard InChI is InChI=1S/C17H19FN2O4S/c1-11-3-8-15(9-16(11)17(22)19-10-12(2)21)25(23,24)20-14-6-4-13(18)5-7-14/h3-9,12,20-21H,10H2,1-2H3,(H,19,22). The molecule has 1 amide bonds. The molecule has 1 atom stereocenters. The summed E-state index contributed by atoms with van der Waals surface area (Å²) in [7, 11) is -3.93. The van der Waals surface area contributed by atoms with Crippen LogP contribution in [0.1, 0.15) is 22.8 Å². The first-order chi connectivity index (χ1) is 11.7. The molecule has 0 heterocycles. The predicted octanol–water partition coefficient (Wildman–Crippen LogP) is 2.05. The van der Waals surface area contributed by atoms with Crippen molar-refractivity contribution in [2.24, 2.45) is 0 Å². The van der Waals surface area contributed by atoms with E-state index in [1.807, 2.05) is 0 Å². The molecule has 0 saturated carbocycles. The highest BCUT2D eigenvalue weighted by molar-refractivity contribution is 7.92. The highest BCUT2D eigenvalue weighted by Gasteiger charge is 2.18. The van der Waals surface area contributed by atoms with Crippen LogP contribution in [0.15, 0.2) is 47.4 Å². The van der Waals surface area contributed by atoms with E-state index in [4.69, 9.17) is 0 Å². The van der Waals surface area contributed by atoms with Crippen molar-refractivity contribution in [3.8, 4) is 0 Å². The number of nitrogens with one attached hydrogen (secondary N) is 2. The summed E-state index contributed by atoms with van der Waals surface area (Å²) in [6, 6.07) is 9.06. The van der Waals surface area contributed by atoms with Crippen molar-refractivity contribution in [2.45, 2.75) is 24.8 Å². The molecule has 0 aliphatic heterocycles. The fourth-order valence-corrected chi connectivity index (χ4v) is 3.16. The molecular formula is C17H19FN2O4S. The molecule has 2 rings (SSSR count). The van der Waals surface area contributed by atoms with Gasteiger partial charge in [0, 0.05) is 17.8 Å². The van der Waals surface area contributed by atoms with Gasteiger partial charge in [0.2, 0.25) is 0 Å². The number of aliphatic hydroxyl groups excluding tert-OH is 1. The fraction of sp³-hybridized carbons (Fsp3) is 0.235. The normalized spacial score (nSPS) is 12.5. The molecule has 0 radical (unpaired) electrons. The molecule has 1 unspecified atom stereocenters. The van der Waals surface area contributed by atoms with Gasteiger partial charge in [-0.3, -0.25) is 9.52 Å². The van der Waals surface area contributed by atoms with Crippen molar-refractivity contribution in [3.63, 3.8) is 0 Å². The number of hydrogen-bond acceptors (Lipinski definition) is 4. The van der Waals surface area contributed by atoms with Gasteiger partial charge in [-0.2, -0.15) is 0 Å². The molecule has 8 heteroatoms. The van der Waals surface area contributed by atoms with Crippen LogP contribution in [0.25, 0.3) is 0 Å². The quantitative estimate of drug-likeness (QED) is 0.729. The van der Waals surface area contributed by atoms with Crippen molar-refractivity contribution >= 4 is 21.6 Å². The first kappa shape index (κ1) is 18.9. The van der Waals surface area contributed by atoms with Gasteiger partial charge in [-0.1, -0.05) is 6.07 Å². The molecule has 0 spiro atoms. The lowest BCUT2D eigenvalue weighted by Crippen LogP contribution is -2.31. The molecule has 2 aromatic carbocycles. The maximum Gasteiger partial charge on any atom is 0.261 e. The Bertz CT molecular complexity index is 865. The summed E-state index contributed by atoms with van der Waals surface area (Å²) < 4.78 is 40.2. The van der Waals surface area contributed by atoms with Crippen LogP contribution in [-0.2, 0) is 10.0 Å². The number of sulfonamides is 1. The second-order valence-corrected chi connectivity index (χ2v) is 7.33. The monoisotopic (exact) mass is 366 g/mol. The Balaban J connectivity index is 2.27. The minimum absolute atomic E-state index is 0.0586. The van der Waals surface area contributed by atoms with E-state index in [2.05, 4.69) is 10.0 Å². The van der Waals surface area contributed by atoms with Crippen LogP contribution < -0.4 is 10.0 Å². The molecule has 0 aliphatic carbocycles. The Morgan fingerprint density at radius 2 is 1.84 bits per heavy atom. The molecule has 0 aliphatic rings. The van der Waals surface area contributed by atoms with Gasteiger partial charge in [0.25, 0.3) is 15.9 Å². The predicted molar refractivity (Wildman–Crippen MR) is 92.4 cm³/mol. The summed E-state index contributed by atoms with van der Waals surface area (Å²) >= 11 is 0. The van der Waals surface area contributed by atoms with Crippen LogP contribution in [0, 0.1) is 12.7 Å². The van der Waals surface area contributed by atoms with E-state index in [0.29, 0.717) is 5.56 Å². The number of amides is 1. The van der Waals surface area contributed by atoms with Crippen molar-refractivity contribution in [3.05, 3.63) is 59.4 Å². The van der Waals surface area contributed by atoms with Gasteiger partial charge >= 0.3 is 0 Å². The third-order valence-corrected chi connectivity index (χ3v) is 4.80. The Morgan fingerprint density at radius 3 is 2.44 bits per heavy atom. The third kappa shape index (κ3) is 5.01. The minimum atomic E-state index is -3.93. The van der Waals surface area contributed by atoms with Crippen molar-refractivity contribution in [1.29, 1.82) is 0 Å². The lowest BCUT2D eigenvalue weighted by molar-refractivity contribution is 0.0923. The number of carbonyl (C=O) groups is 1. The second-order valence-electron chi connectivity index (χ2n) is 5.65. The molecule has 0 aromatic heterocycles. The number of rotatable bonds is 6. The fourth-order valence-electron chi connectivity index (χ4n) is 2.08. The topological polar surface area (TPSA) is 95.5 Å². The summed E-state index contributed by atoms with van der Waals surface area (Å²) in [5.74, 6) is -0.951. The van der Waals surface area contributed by atoms with Gasteiger partial charge < -0.3 is 10.4 Å². The first-order valence-corrected chi connectivity index (χ1v) is 9.02. The molecule has 2 aromatic rings. The zero-order valence-corrected chi connectivity index (χ0v) is 14.6. The van der Waals surface area contributed by atoms with Gasteiger partial charge in [0.05, 0.1) is 11.0 Å². The van der Waals surface area contributed by atoms with Crippen molar-refractivity contribution in [2.75, 3.05) is 11.3 Å². The lowest BCUT2D eigenvalue weighted by atomic mass is 10.1. The molecule has 0 bridgehead atoms. The van der Waals surface area contributed by atoms with E-state index in [0.717, 1.165) is 12.1 Å². The zero-order valence-electron chi connectivity index (χ0n) is 13.8. The summed E-state index contributed by atoms with van der Waals surface area (Å²) in [5, 5.41) is 11.8. The van der Waals surface area contributed by atoms with Crippen LogP contribution in [-0.4, -0.2) is 32.1 Å². The van der Waals surface area contributed by atoms with E-state index in [1.165, 1.54) is 37.3 Å². The minimum Gasteiger partial charge on any atom is -0.392 e. The third-order valence-electron chi connectivity index (χ3n) is 3.42. The van der Waals surface area contributed by atoms with E-state index in [1.54, 1.807) is 6.92 Å². The molecule has 3 N–H and O–H groups in total. The zero-order chi connectivity index (χ0) is 18.6. The van der Waals surface area contributed by atoms with Crippen LogP contribution in [0.2, 0.25) is 0 Å². The van der Waals surface area contributed by atoms with Crippen molar-refractivity contribution in [1.82, 2.24) is 5.32 Å². The van der Waals surface area contributed by atoms with Crippen LogP contribution >= 0.6 is 0 Å². The Labute approximate surface area is 145 Å². The number of benzene rings is 2. The SMILES string of the molecule is Cc1ccc(S(=O)(=O)Nc2ccc(F)cc2)cc1C(=O)NCC(C)O. The molecular weight excluding hydrogens is 347 g/mol. The van der Waals surface area contributed by atoms with Gasteiger partial charge in [0.15, 0.2) is 0 Å². The Morgan fingerprint density at radius 1 is 1.20 bits per heavy atom. The van der Waals surface area contributed by atoms with Crippen LogP contribution in [0.4, 0.5) is 10.1 Å². The summed E-state index contributed by atoms with van der Waals surface area (Å²) in [4.78, 5) is 12.1. The highest BCUT2D eigenvalue weighted by Crippen LogP contribution is 2.19. The molecule has 134 valence electrons. The Hall–Kier alpha value is -2.45. The number of aryl methyl sites for hydroxylation is 1. The number of aliphatic hydroxyl groups is 1. The smallest absolute Gasteiger partial charge is 0.261 e. The Kier molecular flexibility index (Phi) is 5.76. The molecule has 25 heavy (non-hydrogen) atoms. The molecule has 0 fully saturated rings. The van der Waals surface area contributed by atoms with Gasteiger partial charge in [-0.15, -0.1) is 0 Å². The molecule has 6 nitrogen and oxygen atoms in total. The van der Waals surface area contributed by atoms with Crippen molar-refractivity contribution < 1.29 is 22.7 Å². The van der Waals surface area contributed by atoms with E-state index >= 15 is 0 Å². The average Bonchev–Trinajstić information content (AvgIpc) is 2.54. The van der Waals surface area contributed by atoms with E-state index in [9.17, 15) is 22.7 Å². The number of hydrogen-bond donors (Lipinski definition) is 3. The van der Waals surface area contributed by atoms with Gasteiger partial charge in [0.1, 0.15) is 5.82 Å². The van der Waals surface area contributed by atoms with E-state index < -0.39 is 27.9 Å². The lowest BCUT2D eigenvalue weighted by Gasteiger charge is -2.12. The summed E-state index contributed by atoms with van der Waals surface area (Å²) in [6.07, 6.45) is -0.712. The molecule has 0 saturated heterocycles. The number of halogens is 1. The van der Waals surface area contributed by atoms with Crippen LogP contribution in [0.3, 0.4) is 0 Å².